The lowest BCUT2D eigenvalue weighted by molar-refractivity contribution is 0.102. The van der Waals surface area contributed by atoms with Gasteiger partial charge in [0.15, 0.2) is 0 Å². The highest BCUT2D eigenvalue weighted by molar-refractivity contribution is 7.89. The highest BCUT2D eigenvalue weighted by Gasteiger charge is 2.23. The van der Waals surface area contributed by atoms with E-state index in [2.05, 4.69) is 34.6 Å². The summed E-state index contributed by atoms with van der Waals surface area (Å²) >= 11 is 0. The molecule has 1 aromatic heterocycles. The van der Waals surface area contributed by atoms with Gasteiger partial charge in [-0.3, -0.25) is 10.1 Å². The Morgan fingerprint density at radius 1 is 1.03 bits per heavy atom. The molecule has 0 saturated heterocycles. The Balaban J connectivity index is 1.65. The van der Waals surface area contributed by atoms with E-state index in [1.54, 1.807) is 13.8 Å². The number of rotatable bonds is 8. The van der Waals surface area contributed by atoms with Crippen molar-refractivity contribution >= 4 is 21.9 Å². The van der Waals surface area contributed by atoms with Crippen molar-refractivity contribution in [2.75, 3.05) is 12.4 Å². The maximum absolute atomic E-state index is 12.5. The topological polar surface area (TPSA) is 105 Å². The van der Waals surface area contributed by atoms with E-state index in [4.69, 9.17) is 4.42 Å². The van der Waals surface area contributed by atoms with E-state index in [0.29, 0.717) is 12.3 Å². The molecule has 0 bridgehead atoms. The molecule has 1 amide bonds. The number of hydrogen-bond donors (Lipinski definition) is 1. The van der Waals surface area contributed by atoms with Gasteiger partial charge in [0, 0.05) is 18.7 Å². The molecule has 0 spiro atoms. The molecule has 164 valence electrons. The minimum absolute atomic E-state index is 0.0126. The normalized spacial score (nSPS) is 11.8. The molecule has 0 saturated carbocycles. The van der Waals surface area contributed by atoms with Crippen molar-refractivity contribution in [2.24, 2.45) is 0 Å². The average molecular weight is 443 g/mol. The first-order valence-electron chi connectivity index (χ1n) is 10.0. The first kappa shape index (κ1) is 22.6. The SMILES string of the molecule is CCc1ccc(Cc2nnc(NC(=O)c3ccc(S(=O)(=O)N(C)C(C)C)cc3)o2)cc1. The zero-order valence-electron chi connectivity index (χ0n) is 18.0. The molecular formula is C22H26N4O4S. The second kappa shape index (κ2) is 9.40. The number of aryl methyl sites for hydroxylation is 1. The molecule has 2 aromatic carbocycles. The van der Waals surface area contributed by atoms with Gasteiger partial charge in [-0.1, -0.05) is 36.3 Å². The molecule has 9 heteroatoms. The van der Waals surface area contributed by atoms with Crippen molar-refractivity contribution in [3.63, 3.8) is 0 Å². The van der Waals surface area contributed by atoms with Crippen LogP contribution in [0.1, 0.15) is 48.1 Å². The molecule has 0 fully saturated rings. The summed E-state index contributed by atoms with van der Waals surface area (Å²) in [7, 11) is -2.09. The van der Waals surface area contributed by atoms with Crippen molar-refractivity contribution in [2.45, 2.75) is 44.6 Å². The Morgan fingerprint density at radius 3 is 2.23 bits per heavy atom. The zero-order chi connectivity index (χ0) is 22.6. The maximum Gasteiger partial charge on any atom is 0.322 e. The third kappa shape index (κ3) is 5.36. The largest absolute Gasteiger partial charge is 0.407 e. The van der Waals surface area contributed by atoms with Gasteiger partial charge in [-0.15, -0.1) is 5.10 Å². The van der Waals surface area contributed by atoms with E-state index in [0.717, 1.165) is 12.0 Å². The maximum atomic E-state index is 12.5. The smallest absolute Gasteiger partial charge is 0.322 e. The van der Waals surface area contributed by atoms with E-state index in [9.17, 15) is 13.2 Å². The number of amides is 1. The summed E-state index contributed by atoms with van der Waals surface area (Å²) in [5, 5.41) is 10.4. The Kier molecular flexibility index (Phi) is 6.87. The number of aromatic nitrogens is 2. The quantitative estimate of drug-likeness (QED) is 0.572. The first-order valence-corrected chi connectivity index (χ1v) is 11.4. The number of sulfonamides is 1. The van der Waals surface area contributed by atoms with Crippen LogP contribution < -0.4 is 5.32 Å². The number of carbonyl (C=O) groups is 1. The minimum Gasteiger partial charge on any atom is -0.407 e. The lowest BCUT2D eigenvalue weighted by Crippen LogP contribution is -2.33. The van der Waals surface area contributed by atoms with Gasteiger partial charge >= 0.3 is 6.01 Å². The Hall–Kier alpha value is -3.04. The Labute approximate surface area is 182 Å². The van der Waals surface area contributed by atoms with Crippen molar-refractivity contribution < 1.29 is 17.6 Å². The number of benzene rings is 2. The van der Waals surface area contributed by atoms with Gasteiger partial charge < -0.3 is 4.42 Å². The highest BCUT2D eigenvalue weighted by Crippen LogP contribution is 2.18. The molecule has 0 aliphatic heterocycles. The standard InChI is InChI=1S/C22H26N4O4S/c1-5-16-6-8-17(9-7-16)14-20-24-25-22(30-20)23-21(27)18-10-12-19(13-11-18)31(28,29)26(4)15(2)3/h6-13,15H,5,14H2,1-4H3,(H,23,25,27). The summed E-state index contributed by atoms with van der Waals surface area (Å²) in [5.74, 6) is -0.0821. The zero-order valence-corrected chi connectivity index (χ0v) is 18.8. The number of nitrogens with one attached hydrogen (secondary N) is 1. The van der Waals surface area contributed by atoms with Gasteiger partial charge in [-0.05, 0) is 55.7 Å². The van der Waals surface area contributed by atoms with Crippen LogP contribution in [0.15, 0.2) is 57.8 Å². The first-order chi connectivity index (χ1) is 14.7. The van der Waals surface area contributed by atoms with Crippen molar-refractivity contribution in [1.82, 2.24) is 14.5 Å². The summed E-state index contributed by atoms with van der Waals surface area (Å²) in [4.78, 5) is 12.6. The predicted molar refractivity (Wildman–Crippen MR) is 117 cm³/mol. The third-order valence-electron chi connectivity index (χ3n) is 4.99. The van der Waals surface area contributed by atoms with Gasteiger partial charge in [0.05, 0.1) is 11.3 Å². The van der Waals surface area contributed by atoms with Gasteiger partial charge in [-0.2, -0.15) is 4.31 Å². The summed E-state index contributed by atoms with van der Waals surface area (Å²) in [5.41, 5.74) is 2.56. The number of nitrogens with zero attached hydrogens (tertiary/aromatic N) is 3. The van der Waals surface area contributed by atoms with E-state index in [-0.39, 0.29) is 22.5 Å². The van der Waals surface area contributed by atoms with Crippen LogP contribution in [-0.2, 0) is 22.9 Å². The number of anilines is 1. The van der Waals surface area contributed by atoms with Crippen LogP contribution in [0.5, 0.6) is 0 Å². The molecule has 1 N–H and O–H groups in total. The van der Waals surface area contributed by atoms with Crippen LogP contribution in [0.3, 0.4) is 0 Å². The van der Waals surface area contributed by atoms with E-state index >= 15 is 0 Å². The van der Waals surface area contributed by atoms with Gasteiger partial charge in [0.1, 0.15) is 0 Å². The van der Waals surface area contributed by atoms with Crippen molar-refractivity contribution in [3.05, 3.63) is 71.1 Å². The van der Waals surface area contributed by atoms with Crippen LogP contribution in [0, 0.1) is 0 Å². The van der Waals surface area contributed by atoms with E-state index < -0.39 is 15.9 Å². The lowest BCUT2D eigenvalue weighted by Gasteiger charge is -2.20. The lowest BCUT2D eigenvalue weighted by atomic mass is 10.1. The second-order valence-electron chi connectivity index (χ2n) is 7.44. The second-order valence-corrected chi connectivity index (χ2v) is 9.44. The Morgan fingerprint density at radius 2 is 1.65 bits per heavy atom. The van der Waals surface area contributed by atoms with Crippen LogP contribution in [0.2, 0.25) is 0 Å². The molecular weight excluding hydrogens is 416 g/mol. The van der Waals surface area contributed by atoms with E-state index in [1.165, 1.54) is 41.2 Å². The number of hydrogen-bond acceptors (Lipinski definition) is 6. The van der Waals surface area contributed by atoms with Crippen molar-refractivity contribution in [3.8, 4) is 0 Å². The molecule has 3 aromatic rings. The Bertz CT molecular complexity index is 1140. The van der Waals surface area contributed by atoms with Crippen LogP contribution >= 0.6 is 0 Å². The van der Waals surface area contributed by atoms with Crippen LogP contribution in [0.25, 0.3) is 0 Å². The molecule has 0 aliphatic rings. The molecule has 3 rings (SSSR count). The summed E-state index contributed by atoms with van der Waals surface area (Å²) in [6.45, 7) is 5.68. The molecule has 0 aliphatic carbocycles. The summed E-state index contributed by atoms with van der Waals surface area (Å²) in [6.07, 6.45) is 1.43. The fourth-order valence-electron chi connectivity index (χ4n) is 2.83. The van der Waals surface area contributed by atoms with Gasteiger partial charge in [-0.25, -0.2) is 8.42 Å². The number of carbonyl (C=O) groups excluding carboxylic acids is 1. The molecule has 0 unspecified atom stereocenters. The predicted octanol–water partition coefficient (Wildman–Crippen LogP) is 3.50. The average Bonchev–Trinajstić information content (AvgIpc) is 3.20. The van der Waals surface area contributed by atoms with Gasteiger partial charge in [0.2, 0.25) is 15.9 Å². The van der Waals surface area contributed by atoms with Crippen molar-refractivity contribution in [1.29, 1.82) is 0 Å². The summed E-state index contributed by atoms with van der Waals surface area (Å²) < 4.78 is 31.8. The summed E-state index contributed by atoms with van der Waals surface area (Å²) in [6, 6.07) is 13.6. The molecule has 0 atom stereocenters. The molecule has 0 radical (unpaired) electrons. The molecule has 8 nitrogen and oxygen atoms in total. The van der Waals surface area contributed by atoms with Crippen LogP contribution in [0.4, 0.5) is 6.01 Å². The third-order valence-corrected chi connectivity index (χ3v) is 7.04. The van der Waals surface area contributed by atoms with Gasteiger partial charge in [0.25, 0.3) is 5.91 Å². The van der Waals surface area contributed by atoms with E-state index in [1.807, 2.05) is 12.1 Å². The fourth-order valence-corrected chi connectivity index (χ4v) is 4.20. The monoisotopic (exact) mass is 442 g/mol. The molecule has 31 heavy (non-hydrogen) atoms. The molecule has 1 heterocycles. The van der Waals surface area contributed by atoms with Crippen LogP contribution in [-0.4, -0.2) is 41.9 Å². The highest BCUT2D eigenvalue weighted by atomic mass is 32.2. The fraction of sp³-hybridized carbons (Fsp3) is 0.318. The minimum atomic E-state index is -3.61.